The zero-order chi connectivity index (χ0) is 13.2. The molecule has 0 atom stereocenters. The highest BCUT2D eigenvalue weighted by molar-refractivity contribution is 5.85. The highest BCUT2D eigenvalue weighted by Gasteiger charge is 2.10. The normalized spacial score (nSPS) is 10.4. The van der Waals surface area contributed by atoms with Crippen molar-refractivity contribution in [2.45, 2.75) is 12.8 Å². The Balaban J connectivity index is 0.00000147. The van der Waals surface area contributed by atoms with Crippen molar-refractivity contribution in [3.8, 4) is 0 Å². The minimum atomic E-state index is 0. The van der Waals surface area contributed by atoms with E-state index < -0.39 is 0 Å². The van der Waals surface area contributed by atoms with E-state index in [9.17, 15) is 0 Å². The summed E-state index contributed by atoms with van der Waals surface area (Å²) < 4.78 is 8.25. The third-order valence-corrected chi connectivity index (χ3v) is 2.86. The van der Waals surface area contributed by atoms with Gasteiger partial charge in [-0.15, -0.1) is 12.4 Å². The topological polar surface area (TPSA) is 114 Å². The van der Waals surface area contributed by atoms with Gasteiger partial charge in [-0.05, 0) is 17.3 Å². The maximum Gasteiger partial charge on any atom is 0.191 e. The molecular formula is C11H14ClN7O. The molecule has 3 aromatic heterocycles. The highest BCUT2D eigenvalue weighted by atomic mass is 35.5. The Bertz CT molecular complexity index is 686. The van der Waals surface area contributed by atoms with Crippen LogP contribution in [0.1, 0.15) is 11.5 Å². The van der Waals surface area contributed by atoms with Crippen molar-refractivity contribution in [1.29, 1.82) is 0 Å². The van der Waals surface area contributed by atoms with Gasteiger partial charge in [-0.1, -0.05) is 5.16 Å². The average molecular weight is 296 g/mol. The standard InChI is InChI=1S/C11H13N7O.ClH/c12-9-2-1-6-17(9)18-7-5-14-10(18)4-3-8-11(13)16-19-15-8;/h1-2,5-7H,3-4,12H2,(H2,13,16);1H. The van der Waals surface area contributed by atoms with E-state index in [4.69, 9.17) is 11.5 Å². The number of imidazole rings is 1. The van der Waals surface area contributed by atoms with Crippen molar-refractivity contribution in [3.05, 3.63) is 42.2 Å². The number of nitrogens with two attached hydrogens (primary N) is 2. The minimum absolute atomic E-state index is 0. The maximum absolute atomic E-state index is 5.87. The zero-order valence-electron chi connectivity index (χ0n) is 10.5. The summed E-state index contributed by atoms with van der Waals surface area (Å²) >= 11 is 0. The molecular weight excluding hydrogens is 282 g/mol. The van der Waals surface area contributed by atoms with E-state index in [0.717, 1.165) is 5.82 Å². The van der Waals surface area contributed by atoms with E-state index in [1.165, 1.54) is 0 Å². The first-order valence-corrected chi connectivity index (χ1v) is 5.78. The van der Waals surface area contributed by atoms with E-state index in [-0.39, 0.29) is 12.4 Å². The molecule has 0 saturated heterocycles. The summed E-state index contributed by atoms with van der Waals surface area (Å²) in [7, 11) is 0. The molecule has 0 amide bonds. The van der Waals surface area contributed by atoms with Crippen LogP contribution in [0, 0.1) is 0 Å². The van der Waals surface area contributed by atoms with E-state index in [1.807, 2.05) is 33.9 Å². The van der Waals surface area contributed by atoms with Gasteiger partial charge in [-0.25, -0.2) is 19.0 Å². The Kier molecular flexibility index (Phi) is 3.94. The van der Waals surface area contributed by atoms with Crippen LogP contribution in [0.5, 0.6) is 0 Å². The van der Waals surface area contributed by atoms with Gasteiger partial charge >= 0.3 is 0 Å². The summed E-state index contributed by atoms with van der Waals surface area (Å²) in [5.74, 6) is 1.81. The molecule has 9 heteroatoms. The quantitative estimate of drug-likeness (QED) is 0.734. The zero-order valence-corrected chi connectivity index (χ0v) is 11.3. The first-order valence-electron chi connectivity index (χ1n) is 5.78. The van der Waals surface area contributed by atoms with Gasteiger partial charge in [0.25, 0.3) is 0 Å². The van der Waals surface area contributed by atoms with Gasteiger partial charge in [0.05, 0.1) is 0 Å². The molecule has 3 aromatic rings. The largest absolute Gasteiger partial charge is 0.384 e. The second kappa shape index (κ2) is 5.66. The monoisotopic (exact) mass is 295 g/mol. The molecule has 0 unspecified atom stereocenters. The van der Waals surface area contributed by atoms with E-state index in [2.05, 4.69) is 19.9 Å². The van der Waals surface area contributed by atoms with E-state index in [0.29, 0.717) is 30.2 Å². The van der Waals surface area contributed by atoms with Crippen LogP contribution >= 0.6 is 12.4 Å². The van der Waals surface area contributed by atoms with Crippen LogP contribution in [0.2, 0.25) is 0 Å². The van der Waals surface area contributed by atoms with Crippen LogP contribution in [-0.4, -0.2) is 24.6 Å². The lowest BCUT2D eigenvalue weighted by Crippen LogP contribution is -2.14. The van der Waals surface area contributed by atoms with Crippen molar-refractivity contribution in [3.63, 3.8) is 0 Å². The predicted molar refractivity (Wildman–Crippen MR) is 75.2 cm³/mol. The first-order chi connectivity index (χ1) is 9.25. The number of aryl methyl sites for hydroxylation is 2. The summed E-state index contributed by atoms with van der Waals surface area (Å²) in [5.41, 5.74) is 12.1. The second-order valence-electron chi connectivity index (χ2n) is 4.06. The third kappa shape index (κ3) is 2.45. The fraction of sp³-hybridized carbons (Fsp3) is 0.182. The maximum atomic E-state index is 5.87. The fourth-order valence-electron chi connectivity index (χ4n) is 1.90. The van der Waals surface area contributed by atoms with Gasteiger partial charge in [-0.2, -0.15) is 0 Å². The molecule has 106 valence electrons. The number of nitrogens with zero attached hydrogens (tertiary/aromatic N) is 5. The summed E-state index contributed by atoms with van der Waals surface area (Å²) in [6, 6.07) is 3.70. The smallest absolute Gasteiger partial charge is 0.191 e. The summed E-state index contributed by atoms with van der Waals surface area (Å²) in [6.45, 7) is 0. The van der Waals surface area contributed by atoms with Crippen molar-refractivity contribution >= 4 is 24.0 Å². The molecule has 0 aliphatic carbocycles. The summed E-state index contributed by atoms with van der Waals surface area (Å²) in [5, 5.41) is 7.29. The average Bonchev–Trinajstić information content (AvgIpc) is 3.08. The van der Waals surface area contributed by atoms with Crippen molar-refractivity contribution in [2.24, 2.45) is 0 Å². The van der Waals surface area contributed by atoms with Crippen molar-refractivity contribution in [1.82, 2.24) is 24.6 Å². The number of rotatable bonds is 4. The molecule has 0 saturated carbocycles. The van der Waals surface area contributed by atoms with Crippen LogP contribution in [0.15, 0.2) is 35.4 Å². The van der Waals surface area contributed by atoms with Crippen LogP contribution < -0.4 is 11.5 Å². The molecule has 0 aliphatic heterocycles. The van der Waals surface area contributed by atoms with Gasteiger partial charge in [0, 0.05) is 31.4 Å². The number of anilines is 2. The van der Waals surface area contributed by atoms with E-state index in [1.54, 1.807) is 6.20 Å². The predicted octanol–water partition coefficient (Wildman–Crippen LogP) is 0.750. The van der Waals surface area contributed by atoms with Crippen molar-refractivity contribution in [2.75, 3.05) is 11.5 Å². The molecule has 0 bridgehead atoms. The molecule has 3 rings (SSSR count). The third-order valence-electron chi connectivity index (χ3n) is 2.86. The Hall–Kier alpha value is -2.48. The molecule has 8 nitrogen and oxygen atoms in total. The number of hydrogen-bond acceptors (Lipinski definition) is 6. The molecule has 20 heavy (non-hydrogen) atoms. The van der Waals surface area contributed by atoms with Gasteiger partial charge < -0.3 is 11.5 Å². The molecule has 0 aliphatic rings. The lowest BCUT2D eigenvalue weighted by molar-refractivity contribution is 0.304. The minimum Gasteiger partial charge on any atom is -0.384 e. The molecule has 0 fully saturated rings. The molecule has 0 radical (unpaired) electrons. The summed E-state index contributed by atoms with van der Waals surface area (Å²) in [4.78, 5) is 4.31. The number of aromatic nitrogens is 5. The van der Waals surface area contributed by atoms with E-state index >= 15 is 0 Å². The van der Waals surface area contributed by atoms with Crippen LogP contribution in [0.4, 0.5) is 11.6 Å². The Morgan fingerprint density at radius 1 is 1.10 bits per heavy atom. The summed E-state index contributed by atoms with van der Waals surface area (Å²) in [6.07, 6.45) is 6.69. The van der Waals surface area contributed by atoms with Gasteiger partial charge in [0.1, 0.15) is 17.3 Å². The van der Waals surface area contributed by atoms with Gasteiger partial charge in [0.2, 0.25) is 0 Å². The molecule has 4 N–H and O–H groups in total. The fourth-order valence-corrected chi connectivity index (χ4v) is 1.90. The lowest BCUT2D eigenvalue weighted by atomic mass is 10.2. The Morgan fingerprint density at radius 2 is 1.95 bits per heavy atom. The SMILES string of the molecule is Cl.Nc1nonc1CCc1nccn1-n1cccc1N. The van der Waals surface area contributed by atoms with Crippen molar-refractivity contribution < 1.29 is 4.63 Å². The highest BCUT2D eigenvalue weighted by Crippen LogP contribution is 2.11. The Morgan fingerprint density at radius 3 is 2.60 bits per heavy atom. The molecule has 0 spiro atoms. The van der Waals surface area contributed by atoms with Gasteiger partial charge in [0.15, 0.2) is 5.82 Å². The first kappa shape index (κ1) is 13.9. The number of halogens is 1. The number of hydrogen-bond donors (Lipinski definition) is 2. The lowest BCUT2D eigenvalue weighted by Gasteiger charge is -2.10. The number of nitrogen functional groups attached to an aromatic ring is 2. The molecule has 3 heterocycles. The second-order valence-corrected chi connectivity index (χ2v) is 4.06. The van der Waals surface area contributed by atoms with Crippen LogP contribution in [0.3, 0.4) is 0 Å². The van der Waals surface area contributed by atoms with Crippen LogP contribution in [-0.2, 0) is 12.8 Å². The van der Waals surface area contributed by atoms with Crippen LogP contribution in [0.25, 0.3) is 0 Å². The van der Waals surface area contributed by atoms with Gasteiger partial charge in [-0.3, -0.25) is 0 Å². The molecule has 0 aromatic carbocycles. The Labute approximate surface area is 120 Å².